The number of H-pyrrole nitrogens is 1. The number of hydrogen-bond acceptors (Lipinski definition) is 13. The molecular formula is C10H11N4O11P2-3. The molecule has 1 aliphatic rings. The Morgan fingerprint density at radius 2 is 1.96 bits per heavy atom. The number of nitrogens with one attached hydrogen (secondary N) is 1. The normalized spacial score (nSPS) is 28.5. The van der Waals surface area contributed by atoms with Gasteiger partial charge >= 0.3 is 0 Å². The molecule has 0 aliphatic carbocycles. The number of ether oxygens (including phenoxy) is 1. The number of aliphatic hydroxyl groups excluding tert-OH is 2. The van der Waals surface area contributed by atoms with Crippen molar-refractivity contribution in [1.29, 1.82) is 0 Å². The van der Waals surface area contributed by atoms with Crippen LogP contribution in [0.5, 0.6) is 0 Å². The Hall–Kier alpha value is -1.51. The van der Waals surface area contributed by atoms with Gasteiger partial charge in [0.05, 0.1) is 27.1 Å². The van der Waals surface area contributed by atoms with Crippen molar-refractivity contribution in [3.05, 3.63) is 23.0 Å². The van der Waals surface area contributed by atoms with E-state index in [9.17, 15) is 38.8 Å². The Kier molecular flexibility index (Phi) is 5.35. The lowest BCUT2D eigenvalue weighted by atomic mass is 10.1. The van der Waals surface area contributed by atoms with Gasteiger partial charge in [-0.2, -0.15) is 0 Å². The van der Waals surface area contributed by atoms with E-state index in [4.69, 9.17) is 4.74 Å². The highest BCUT2D eigenvalue weighted by atomic mass is 31.3. The second kappa shape index (κ2) is 7.14. The van der Waals surface area contributed by atoms with Crippen molar-refractivity contribution in [3.8, 4) is 0 Å². The molecule has 15 nitrogen and oxygen atoms in total. The second-order valence-electron chi connectivity index (χ2n) is 5.37. The first-order valence-corrected chi connectivity index (χ1v) is 10.0. The van der Waals surface area contributed by atoms with Gasteiger partial charge < -0.3 is 43.7 Å². The largest absolute Gasteiger partial charge is 0.790 e. The average molecular weight is 425 g/mol. The predicted octanol–water partition coefficient (Wildman–Crippen LogP) is -3.93. The molecule has 150 valence electrons. The van der Waals surface area contributed by atoms with Crippen molar-refractivity contribution in [2.75, 3.05) is 6.61 Å². The SMILES string of the molecule is O=c1[nH]cnc2c1ncn2[C@@H]1O[C@H](COP(=O)([O-])OP(=O)([O-])[O-])[C@@H](O)[C@H]1O. The second-order valence-corrected chi connectivity index (χ2v) is 8.07. The van der Waals surface area contributed by atoms with Gasteiger partial charge in [-0.25, -0.2) is 9.97 Å². The zero-order valence-electron chi connectivity index (χ0n) is 13.0. The first-order valence-electron chi connectivity index (χ1n) is 7.09. The first-order chi connectivity index (χ1) is 12.5. The number of aromatic nitrogens is 4. The van der Waals surface area contributed by atoms with Gasteiger partial charge in [-0.3, -0.25) is 18.2 Å². The Bertz CT molecular complexity index is 985. The summed E-state index contributed by atoms with van der Waals surface area (Å²) in [5.41, 5.74) is -0.606. The van der Waals surface area contributed by atoms with Gasteiger partial charge in [0.2, 0.25) is 0 Å². The molecule has 1 fully saturated rings. The van der Waals surface area contributed by atoms with Crippen LogP contribution in [-0.2, 0) is 22.7 Å². The average Bonchev–Trinajstić information content (AvgIpc) is 3.07. The van der Waals surface area contributed by atoms with E-state index in [0.717, 1.165) is 17.2 Å². The third-order valence-corrected chi connectivity index (χ3v) is 5.64. The van der Waals surface area contributed by atoms with E-state index in [0.29, 0.717) is 0 Å². The smallest absolute Gasteiger partial charge is 0.278 e. The van der Waals surface area contributed by atoms with Crippen LogP contribution in [0, 0.1) is 0 Å². The standard InChI is InChI=1S/C10H14N4O11P2/c15-6-4(1-23-27(21,22)25-26(18,19)20)24-10(7(6)16)14-3-13-5-8(14)11-2-12-9(5)17/h2-4,6-7,10,15-16H,1H2,(H,21,22)(H,11,12,17)(H2,18,19,20)/p-3/t4-,6-,7-,10-/m1/s1. The van der Waals surface area contributed by atoms with Crippen molar-refractivity contribution in [2.45, 2.75) is 24.5 Å². The highest BCUT2D eigenvalue weighted by Crippen LogP contribution is 2.50. The Morgan fingerprint density at radius 3 is 2.63 bits per heavy atom. The number of aromatic amines is 1. The van der Waals surface area contributed by atoms with Gasteiger partial charge in [-0.1, -0.05) is 0 Å². The molecule has 0 radical (unpaired) electrons. The minimum Gasteiger partial charge on any atom is -0.790 e. The lowest BCUT2D eigenvalue weighted by molar-refractivity contribution is -0.339. The summed E-state index contributed by atoms with van der Waals surface area (Å²) in [6.07, 6.45) is -3.84. The first kappa shape index (κ1) is 20.2. The third kappa shape index (κ3) is 4.33. The fourth-order valence-electron chi connectivity index (χ4n) is 2.46. The van der Waals surface area contributed by atoms with Crippen LogP contribution in [0.4, 0.5) is 0 Å². The maximum atomic E-state index is 11.6. The van der Waals surface area contributed by atoms with Crippen LogP contribution in [0.15, 0.2) is 17.4 Å². The van der Waals surface area contributed by atoms with Crippen molar-refractivity contribution in [2.24, 2.45) is 0 Å². The van der Waals surface area contributed by atoms with E-state index in [2.05, 4.69) is 23.8 Å². The summed E-state index contributed by atoms with van der Waals surface area (Å²) >= 11 is 0. The lowest BCUT2D eigenvalue weighted by Gasteiger charge is -2.35. The molecule has 0 saturated carbocycles. The minimum atomic E-state index is -5.87. The summed E-state index contributed by atoms with van der Waals surface area (Å²) in [5, 5.41) is 20.1. The van der Waals surface area contributed by atoms with Crippen LogP contribution in [0.3, 0.4) is 0 Å². The molecule has 0 aromatic carbocycles. The quantitative estimate of drug-likeness (QED) is 0.375. The molecule has 0 amide bonds. The number of nitrogens with zero attached hydrogens (tertiary/aromatic N) is 3. The van der Waals surface area contributed by atoms with Gasteiger partial charge in [0, 0.05) is 0 Å². The van der Waals surface area contributed by atoms with Crippen LogP contribution < -0.4 is 20.2 Å². The lowest BCUT2D eigenvalue weighted by Crippen LogP contribution is -2.34. The van der Waals surface area contributed by atoms with Crippen LogP contribution >= 0.6 is 15.6 Å². The maximum absolute atomic E-state index is 11.6. The summed E-state index contributed by atoms with van der Waals surface area (Å²) in [6.45, 7) is -0.962. The monoisotopic (exact) mass is 425 g/mol. The molecule has 3 N–H and O–H groups in total. The maximum Gasteiger partial charge on any atom is 0.278 e. The molecule has 2 aromatic rings. The van der Waals surface area contributed by atoms with E-state index in [1.807, 2.05) is 0 Å². The van der Waals surface area contributed by atoms with Gasteiger partial charge in [-0.15, -0.1) is 0 Å². The van der Waals surface area contributed by atoms with Crippen LogP contribution in [-0.4, -0.2) is 54.7 Å². The molecule has 1 unspecified atom stereocenters. The molecule has 0 bridgehead atoms. The Labute approximate surface area is 149 Å². The molecule has 2 aromatic heterocycles. The van der Waals surface area contributed by atoms with Crippen molar-refractivity contribution in [3.63, 3.8) is 0 Å². The molecule has 17 heteroatoms. The number of hydrogen-bond donors (Lipinski definition) is 3. The molecule has 27 heavy (non-hydrogen) atoms. The van der Waals surface area contributed by atoms with Crippen LogP contribution in [0.1, 0.15) is 6.23 Å². The van der Waals surface area contributed by atoms with Crippen molar-refractivity contribution in [1.82, 2.24) is 19.5 Å². The van der Waals surface area contributed by atoms with E-state index >= 15 is 0 Å². The van der Waals surface area contributed by atoms with Crippen LogP contribution in [0.25, 0.3) is 11.2 Å². The minimum absolute atomic E-state index is 0.0213. The van der Waals surface area contributed by atoms with E-state index in [1.54, 1.807) is 0 Å². The Balaban J connectivity index is 1.76. The number of aliphatic hydroxyl groups is 2. The topological polar surface area (TPSA) is 235 Å². The van der Waals surface area contributed by atoms with Gasteiger partial charge in [0.15, 0.2) is 17.4 Å². The zero-order valence-corrected chi connectivity index (χ0v) is 14.8. The van der Waals surface area contributed by atoms with Gasteiger partial charge in [0.1, 0.15) is 18.3 Å². The number of fused-ring (bicyclic) bond motifs is 1. The van der Waals surface area contributed by atoms with E-state index in [-0.39, 0.29) is 11.2 Å². The summed E-state index contributed by atoms with van der Waals surface area (Å²) < 4.78 is 35.5. The summed E-state index contributed by atoms with van der Waals surface area (Å²) in [5.74, 6) is 0. The number of phosphoric ester groups is 1. The molecule has 1 saturated heterocycles. The fourth-order valence-corrected chi connectivity index (χ4v) is 3.95. The van der Waals surface area contributed by atoms with E-state index in [1.165, 1.54) is 0 Å². The fraction of sp³-hybridized carbons (Fsp3) is 0.500. The van der Waals surface area contributed by atoms with E-state index < -0.39 is 52.4 Å². The summed E-state index contributed by atoms with van der Waals surface area (Å²) in [7, 11) is -11.4. The predicted molar refractivity (Wildman–Crippen MR) is 76.3 cm³/mol. The summed E-state index contributed by atoms with van der Waals surface area (Å²) in [6, 6.07) is 0. The molecule has 5 atom stereocenters. The van der Waals surface area contributed by atoms with Gasteiger partial charge in [-0.05, 0) is 0 Å². The molecule has 3 heterocycles. The third-order valence-electron chi connectivity index (χ3n) is 3.57. The van der Waals surface area contributed by atoms with Gasteiger partial charge in [0.25, 0.3) is 13.4 Å². The van der Waals surface area contributed by atoms with Crippen molar-refractivity contribution >= 4 is 26.8 Å². The number of phosphoric acid groups is 2. The molecule has 0 spiro atoms. The number of rotatable bonds is 6. The summed E-state index contributed by atoms with van der Waals surface area (Å²) in [4.78, 5) is 53.6. The zero-order chi connectivity index (χ0) is 20.0. The van der Waals surface area contributed by atoms with Crippen LogP contribution in [0.2, 0.25) is 0 Å². The number of imidazole rings is 1. The molecule has 1 aliphatic heterocycles. The molecule has 3 rings (SSSR count). The highest BCUT2D eigenvalue weighted by Gasteiger charge is 2.44. The molecular weight excluding hydrogens is 414 g/mol. The van der Waals surface area contributed by atoms with Crippen molar-refractivity contribution < 1.29 is 47.6 Å². The Morgan fingerprint density at radius 1 is 1.26 bits per heavy atom. The highest BCUT2D eigenvalue weighted by molar-refractivity contribution is 7.58.